The van der Waals surface area contributed by atoms with Crippen LogP contribution in [0.5, 0.6) is 5.75 Å². The summed E-state index contributed by atoms with van der Waals surface area (Å²) in [5.74, 6) is 1.04. The smallest absolute Gasteiger partial charge is 0.279 e. The first kappa shape index (κ1) is 21.9. The van der Waals surface area contributed by atoms with E-state index < -0.39 is 0 Å². The van der Waals surface area contributed by atoms with Gasteiger partial charge in [-0.25, -0.2) is 0 Å². The monoisotopic (exact) mass is 453 g/mol. The number of aromatic nitrogens is 2. The van der Waals surface area contributed by atoms with Gasteiger partial charge in [-0.2, -0.15) is 9.78 Å². The van der Waals surface area contributed by atoms with Crippen LogP contribution < -0.4 is 10.3 Å². The highest BCUT2D eigenvalue weighted by atomic mass is 16.5. The Bertz CT molecular complexity index is 1370. The van der Waals surface area contributed by atoms with E-state index in [4.69, 9.17) is 4.74 Å². The number of methoxy groups -OCH3 is 1. The molecular weight excluding hydrogens is 426 g/mol. The summed E-state index contributed by atoms with van der Waals surface area (Å²) in [4.78, 5) is 28.7. The third-order valence-corrected chi connectivity index (χ3v) is 6.57. The molecule has 1 saturated heterocycles. The van der Waals surface area contributed by atoms with E-state index >= 15 is 0 Å². The number of hydrogen-bond donors (Lipinski definition) is 0. The number of amides is 1. The second-order valence-electron chi connectivity index (χ2n) is 8.74. The zero-order valence-corrected chi connectivity index (χ0v) is 19.2. The van der Waals surface area contributed by atoms with E-state index in [1.165, 1.54) is 10.2 Å². The Labute approximate surface area is 198 Å². The zero-order chi connectivity index (χ0) is 23.5. The van der Waals surface area contributed by atoms with Gasteiger partial charge in [-0.05, 0) is 48.9 Å². The average molecular weight is 454 g/mol. The maximum Gasteiger partial charge on any atom is 0.279 e. The van der Waals surface area contributed by atoms with E-state index in [1.807, 2.05) is 23.1 Å². The first-order valence-electron chi connectivity index (χ1n) is 11.6. The molecule has 1 aliphatic rings. The highest BCUT2D eigenvalue weighted by molar-refractivity contribution is 6.04. The first-order chi connectivity index (χ1) is 16.6. The quantitative estimate of drug-likeness (QED) is 0.447. The normalized spacial score (nSPS) is 14.3. The fourth-order valence-corrected chi connectivity index (χ4v) is 4.70. The minimum absolute atomic E-state index is 0.133. The zero-order valence-electron chi connectivity index (χ0n) is 19.2. The third kappa shape index (κ3) is 4.31. The number of ether oxygens (including phenoxy) is 1. The third-order valence-electron chi connectivity index (χ3n) is 6.57. The van der Waals surface area contributed by atoms with E-state index in [2.05, 4.69) is 29.4 Å². The van der Waals surface area contributed by atoms with Crippen molar-refractivity contribution in [1.82, 2.24) is 14.7 Å². The molecule has 0 spiro atoms. The molecule has 1 aromatic heterocycles. The molecule has 4 aromatic rings. The lowest BCUT2D eigenvalue weighted by molar-refractivity contribution is 0.0685. The van der Waals surface area contributed by atoms with Crippen LogP contribution in [0.2, 0.25) is 0 Å². The largest absolute Gasteiger partial charge is 0.497 e. The Morgan fingerprint density at radius 2 is 1.65 bits per heavy atom. The van der Waals surface area contributed by atoms with Crippen molar-refractivity contribution in [3.8, 4) is 11.4 Å². The van der Waals surface area contributed by atoms with Gasteiger partial charge in [0.05, 0.1) is 18.2 Å². The van der Waals surface area contributed by atoms with E-state index in [0.29, 0.717) is 46.9 Å². The van der Waals surface area contributed by atoms with Gasteiger partial charge in [0.15, 0.2) is 5.69 Å². The van der Waals surface area contributed by atoms with Crippen LogP contribution in [0, 0.1) is 5.92 Å². The highest BCUT2D eigenvalue weighted by Gasteiger charge is 2.27. The van der Waals surface area contributed by atoms with Gasteiger partial charge in [0.1, 0.15) is 5.75 Å². The molecule has 34 heavy (non-hydrogen) atoms. The molecule has 6 heteroatoms. The number of carbonyl (C=O) groups excluding carboxylic acids is 1. The number of hydrogen-bond acceptors (Lipinski definition) is 4. The van der Waals surface area contributed by atoms with E-state index in [0.717, 1.165) is 19.3 Å². The van der Waals surface area contributed by atoms with Crippen LogP contribution in [-0.2, 0) is 6.42 Å². The molecule has 1 aliphatic heterocycles. The molecule has 3 aromatic carbocycles. The first-order valence-corrected chi connectivity index (χ1v) is 11.6. The van der Waals surface area contributed by atoms with Gasteiger partial charge in [0, 0.05) is 24.5 Å². The summed E-state index contributed by atoms with van der Waals surface area (Å²) in [6, 6.07) is 24.8. The fraction of sp³-hybridized carbons (Fsp3) is 0.250. The molecule has 0 unspecified atom stereocenters. The van der Waals surface area contributed by atoms with E-state index in [-0.39, 0.29) is 11.5 Å². The molecule has 0 N–H and O–H groups in total. The fourth-order valence-electron chi connectivity index (χ4n) is 4.70. The Balaban J connectivity index is 1.44. The summed E-state index contributed by atoms with van der Waals surface area (Å²) < 4.78 is 6.62. The van der Waals surface area contributed by atoms with Crippen LogP contribution in [0.15, 0.2) is 83.7 Å². The van der Waals surface area contributed by atoms with Gasteiger partial charge < -0.3 is 9.64 Å². The van der Waals surface area contributed by atoms with Gasteiger partial charge in [-0.1, -0.05) is 54.6 Å². The second-order valence-corrected chi connectivity index (χ2v) is 8.74. The van der Waals surface area contributed by atoms with Crippen molar-refractivity contribution >= 4 is 16.7 Å². The molecule has 5 rings (SSSR count). The van der Waals surface area contributed by atoms with Crippen molar-refractivity contribution in [2.45, 2.75) is 19.3 Å². The molecular formula is C28H27N3O3. The molecule has 0 radical (unpaired) electrons. The lowest BCUT2D eigenvalue weighted by atomic mass is 9.90. The van der Waals surface area contributed by atoms with Crippen LogP contribution in [0.25, 0.3) is 16.5 Å². The summed E-state index contributed by atoms with van der Waals surface area (Å²) in [7, 11) is 1.58. The molecule has 0 aliphatic carbocycles. The summed E-state index contributed by atoms with van der Waals surface area (Å²) in [6.45, 7) is 1.37. The summed E-state index contributed by atoms with van der Waals surface area (Å²) in [5.41, 5.74) is 1.94. The maximum atomic E-state index is 13.6. The lowest BCUT2D eigenvalue weighted by Gasteiger charge is -2.32. The molecule has 2 heterocycles. The molecule has 0 atom stereocenters. The SMILES string of the molecule is COc1cccc(-n2nc(C(=O)N3CCC(Cc4ccccc4)CC3)c3ccccc3c2=O)c1. The Kier molecular flexibility index (Phi) is 6.12. The molecule has 1 amide bonds. The Morgan fingerprint density at radius 3 is 2.38 bits per heavy atom. The summed E-state index contributed by atoms with van der Waals surface area (Å²) in [6.07, 6.45) is 2.94. The number of nitrogens with zero attached hydrogens (tertiary/aromatic N) is 3. The van der Waals surface area contributed by atoms with Gasteiger partial charge in [-0.3, -0.25) is 9.59 Å². The van der Waals surface area contributed by atoms with Crippen molar-refractivity contribution in [2.24, 2.45) is 5.92 Å². The number of fused-ring (bicyclic) bond motifs is 1. The number of carbonyl (C=O) groups is 1. The van der Waals surface area contributed by atoms with Crippen LogP contribution in [0.1, 0.15) is 28.9 Å². The minimum Gasteiger partial charge on any atom is -0.497 e. The molecule has 6 nitrogen and oxygen atoms in total. The Hall–Kier alpha value is -3.93. The topological polar surface area (TPSA) is 64.4 Å². The minimum atomic E-state index is -0.262. The van der Waals surface area contributed by atoms with Gasteiger partial charge >= 0.3 is 0 Å². The van der Waals surface area contributed by atoms with E-state index in [9.17, 15) is 9.59 Å². The second kappa shape index (κ2) is 9.51. The van der Waals surface area contributed by atoms with E-state index in [1.54, 1.807) is 43.5 Å². The van der Waals surface area contributed by atoms with Crippen molar-refractivity contribution < 1.29 is 9.53 Å². The summed E-state index contributed by atoms with van der Waals surface area (Å²) in [5, 5.41) is 5.63. The summed E-state index contributed by atoms with van der Waals surface area (Å²) >= 11 is 0. The maximum absolute atomic E-state index is 13.6. The van der Waals surface area contributed by atoms with Crippen LogP contribution in [-0.4, -0.2) is 40.8 Å². The molecule has 0 saturated carbocycles. The van der Waals surface area contributed by atoms with Crippen LogP contribution >= 0.6 is 0 Å². The van der Waals surface area contributed by atoms with Crippen molar-refractivity contribution in [1.29, 1.82) is 0 Å². The predicted octanol–water partition coefficient (Wildman–Crippen LogP) is 4.49. The Morgan fingerprint density at radius 1 is 0.941 bits per heavy atom. The average Bonchev–Trinajstić information content (AvgIpc) is 2.90. The van der Waals surface area contributed by atoms with Crippen LogP contribution in [0.4, 0.5) is 0 Å². The lowest BCUT2D eigenvalue weighted by Crippen LogP contribution is -2.40. The van der Waals surface area contributed by atoms with Gasteiger partial charge in [0.25, 0.3) is 11.5 Å². The molecule has 172 valence electrons. The van der Waals surface area contributed by atoms with Gasteiger partial charge in [0.2, 0.25) is 0 Å². The van der Waals surface area contributed by atoms with Crippen molar-refractivity contribution in [2.75, 3.05) is 20.2 Å². The van der Waals surface area contributed by atoms with Crippen molar-refractivity contribution in [3.63, 3.8) is 0 Å². The number of piperidine rings is 1. The number of likely N-dealkylation sites (tertiary alicyclic amines) is 1. The standard InChI is InChI=1S/C28H27N3O3/c1-34-23-11-7-10-22(19-23)31-27(32)25-13-6-5-12-24(25)26(29-31)28(33)30-16-14-21(15-17-30)18-20-8-3-2-4-9-20/h2-13,19,21H,14-18H2,1H3. The number of benzene rings is 3. The number of rotatable bonds is 5. The predicted molar refractivity (Wildman–Crippen MR) is 133 cm³/mol. The highest BCUT2D eigenvalue weighted by Crippen LogP contribution is 2.24. The van der Waals surface area contributed by atoms with Crippen LogP contribution in [0.3, 0.4) is 0 Å². The van der Waals surface area contributed by atoms with Gasteiger partial charge in [-0.15, -0.1) is 0 Å². The van der Waals surface area contributed by atoms with Crippen molar-refractivity contribution in [3.05, 3.63) is 100 Å². The molecule has 1 fully saturated rings. The molecule has 0 bridgehead atoms.